The van der Waals surface area contributed by atoms with Crippen LogP contribution in [0.1, 0.15) is 32.9 Å². The highest BCUT2D eigenvalue weighted by Gasteiger charge is 2.20. The number of thioether (sulfide) groups is 1. The van der Waals surface area contributed by atoms with Crippen LogP contribution in [0.4, 0.5) is 5.69 Å². The van der Waals surface area contributed by atoms with Gasteiger partial charge in [-0.05, 0) is 36.4 Å². The number of esters is 2. The fraction of sp³-hybridized carbons (Fsp3) is 0.350. The van der Waals surface area contributed by atoms with Crippen LogP contribution in [0, 0.1) is 0 Å². The molecule has 0 saturated carbocycles. The molecule has 0 aliphatic carbocycles. The van der Waals surface area contributed by atoms with E-state index in [4.69, 9.17) is 9.47 Å². The lowest BCUT2D eigenvalue weighted by atomic mass is 10.2. The zero-order chi connectivity index (χ0) is 20.6. The maximum atomic E-state index is 12.5. The summed E-state index contributed by atoms with van der Waals surface area (Å²) in [7, 11) is 1.27. The summed E-state index contributed by atoms with van der Waals surface area (Å²) in [6.07, 6.45) is 2.28. The number of rotatable bonds is 8. The van der Waals surface area contributed by atoms with Crippen molar-refractivity contribution in [1.82, 2.24) is 0 Å². The average Bonchev–Trinajstić information content (AvgIpc) is 3.42. The van der Waals surface area contributed by atoms with Crippen LogP contribution in [0.5, 0.6) is 0 Å². The van der Waals surface area contributed by atoms with E-state index in [1.54, 1.807) is 35.3 Å². The lowest BCUT2D eigenvalue weighted by Crippen LogP contribution is -2.22. The van der Waals surface area contributed by atoms with Crippen molar-refractivity contribution < 1.29 is 28.6 Å². The van der Waals surface area contributed by atoms with Gasteiger partial charge >= 0.3 is 11.9 Å². The van der Waals surface area contributed by atoms with Crippen LogP contribution in [0.2, 0.25) is 0 Å². The molecule has 1 saturated heterocycles. The molecule has 29 heavy (non-hydrogen) atoms. The molecule has 3 rings (SSSR count). The van der Waals surface area contributed by atoms with Gasteiger partial charge in [0, 0.05) is 17.3 Å². The number of anilines is 1. The lowest BCUT2D eigenvalue weighted by molar-refractivity contribution is -0.119. The summed E-state index contributed by atoms with van der Waals surface area (Å²) in [6.45, 7) is 0.325. The summed E-state index contributed by atoms with van der Waals surface area (Å²) in [6, 6.07) is 8.72. The molecule has 9 heteroatoms. The molecule has 1 aliphatic heterocycles. The number of benzene rings is 1. The van der Waals surface area contributed by atoms with E-state index in [2.05, 4.69) is 10.1 Å². The number of carbonyl (C=O) groups excluding carboxylic acids is 3. The Balaban J connectivity index is 1.54. The second-order valence-electron chi connectivity index (χ2n) is 6.22. The van der Waals surface area contributed by atoms with Crippen molar-refractivity contribution in [3.8, 4) is 0 Å². The molecule has 1 atom stereocenters. The average molecular weight is 436 g/mol. The molecule has 1 aromatic heterocycles. The third-order valence-corrected chi connectivity index (χ3v) is 6.30. The molecule has 2 aromatic rings. The Labute approximate surface area is 176 Å². The first-order chi connectivity index (χ1) is 14.1. The van der Waals surface area contributed by atoms with Crippen molar-refractivity contribution in [1.29, 1.82) is 0 Å². The van der Waals surface area contributed by atoms with Crippen LogP contribution in [0.25, 0.3) is 0 Å². The van der Waals surface area contributed by atoms with Crippen LogP contribution in [0.3, 0.4) is 0 Å². The number of nitrogens with one attached hydrogen (secondary N) is 1. The van der Waals surface area contributed by atoms with Crippen molar-refractivity contribution in [2.45, 2.75) is 23.8 Å². The van der Waals surface area contributed by atoms with Gasteiger partial charge in [-0.3, -0.25) is 4.79 Å². The summed E-state index contributed by atoms with van der Waals surface area (Å²) in [5, 5.41) is 4.22. The number of hydrogen-bond donors (Lipinski definition) is 1. The molecule has 1 N–H and O–H groups in total. The Morgan fingerprint density at radius 1 is 1.24 bits per heavy atom. The Hall–Kier alpha value is -2.36. The Bertz CT molecular complexity index is 875. The first kappa shape index (κ1) is 21.4. The van der Waals surface area contributed by atoms with E-state index >= 15 is 0 Å². The van der Waals surface area contributed by atoms with E-state index in [9.17, 15) is 14.4 Å². The maximum absolute atomic E-state index is 12.5. The van der Waals surface area contributed by atoms with Crippen molar-refractivity contribution in [3.63, 3.8) is 0 Å². The first-order valence-corrected chi connectivity index (χ1v) is 10.9. The minimum atomic E-state index is -0.575. The second kappa shape index (κ2) is 10.4. The fourth-order valence-corrected chi connectivity index (χ4v) is 4.65. The van der Waals surface area contributed by atoms with Gasteiger partial charge in [0.25, 0.3) is 5.91 Å². The van der Waals surface area contributed by atoms with Crippen LogP contribution >= 0.6 is 23.1 Å². The van der Waals surface area contributed by atoms with Gasteiger partial charge in [0.1, 0.15) is 4.88 Å². The van der Waals surface area contributed by atoms with Crippen molar-refractivity contribution in [2.75, 3.05) is 31.4 Å². The van der Waals surface area contributed by atoms with E-state index < -0.39 is 24.5 Å². The molecule has 1 unspecified atom stereocenters. The minimum absolute atomic E-state index is 0.199. The summed E-state index contributed by atoms with van der Waals surface area (Å²) < 4.78 is 15.5. The van der Waals surface area contributed by atoms with E-state index in [1.165, 1.54) is 7.11 Å². The molecule has 0 spiro atoms. The number of methoxy groups -OCH3 is 1. The summed E-state index contributed by atoms with van der Waals surface area (Å²) in [4.78, 5) is 37.3. The molecule has 1 fully saturated rings. The second-order valence-corrected chi connectivity index (χ2v) is 8.20. The molecule has 1 amide bonds. The van der Waals surface area contributed by atoms with Crippen LogP contribution in [-0.2, 0) is 19.0 Å². The van der Waals surface area contributed by atoms with Gasteiger partial charge in [-0.2, -0.15) is 0 Å². The van der Waals surface area contributed by atoms with E-state index in [0.717, 1.165) is 41.4 Å². The molecule has 7 nitrogen and oxygen atoms in total. The Kier molecular flexibility index (Phi) is 7.68. The number of ether oxygens (including phenoxy) is 3. The monoisotopic (exact) mass is 435 g/mol. The summed E-state index contributed by atoms with van der Waals surface area (Å²) in [5.41, 5.74) is 0.740. The third kappa shape index (κ3) is 5.81. The van der Waals surface area contributed by atoms with Crippen molar-refractivity contribution >= 4 is 46.6 Å². The quantitative estimate of drug-likeness (QED) is 0.500. The molecular formula is C20H21NO6S2. The van der Waals surface area contributed by atoms with E-state index in [-0.39, 0.29) is 11.0 Å². The van der Waals surface area contributed by atoms with Crippen LogP contribution in [-0.4, -0.2) is 50.0 Å². The first-order valence-electron chi connectivity index (χ1n) is 9.04. The zero-order valence-electron chi connectivity index (χ0n) is 15.8. The highest BCUT2D eigenvalue weighted by molar-refractivity contribution is 7.99. The minimum Gasteiger partial charge on any atom is -0.465 e. The highest BCUT2D eigenvalue weighted by Crippen LogP contribution is 2.27. The van der Waals surface area contributed by atoms with Crippen molar-refractivity contribution in [3.05, 3.63) is 46.2 Å². The zero-order valence-corrected chi connectivity index (χ0v) is 17.5. The van der Waals surface area contributed by atoms with Gasteiger partial charge in [0.15, 0.2) is 6.61 Å². The summed E-state index contributed by atoms with van der Waals surface area (Å²) >= 11 is 2.70. The third-order valence-electron chi connectivity index (χ3n) is 4.20. The fourth-order valence-electron chi connectivity index (χ4n) is 2.77. The molecule has 1 aliphatic rings. The SMILES string of the molecule is COC(=O)c1sccc1NC(=O)COC(=O)c1ccccc1SCC1CCCO1. The number of amides is 1. The van der Waals surface area contributed by atoms with Gasteiger partial charge in [0.05, 0.1) is 24.5 Å². The largest absolute Gasteiger partial charge is 0.465 e. The van der Waals surface area contributed by atoms with Gasteiger partial charge < -0.3 is 19.5 Å². The van der Waals surface area contributed by atoms with Gasteiger partial charge in [-0.25, -0.2) is 9.59 Å². The molecule has 154 valence electrons. The number of carbonyl (C=O) groups is 3. The molecule has 0 bridgehead atoms. The van der Waals surface area contributed by atoms with Crippen LogP contribution < -0.4 is 5.32 Å². The molecule has 1 aromatic carbocycles. The normalized spacial score (nSPS) is 15.7. The molecule has 0 radical (unpaired) electrons. The van der Waals surface area contributed by atoms with E-state index in [0.29, 0.717) is 11.3 Å². The standard InChI is InChI=1S/C20H21NO6S2/c1-25-20(24)18-15(8-10-28-18)21-17(22)11-27-19(23)14-6-2-3-7-16(14)29-12-13-5-4-9-26-13/h2-3,6-8,10,13H,4-5,9,11-12H2,1H3,(H,21,22). The number of hydrogen-bond acceptors (Lipinski definition) is 8. The lowest BCUT2D eigenvalue weighted by Gasteiger charge is -2.12. The Morgan fingerprint density at radius 2 is 2.07 bits per heavy atom. The van der Waals surface area contributed by atoms with E-state index in [1.807, 2.05) is 12.1 Å². The Morgan fingerprint density at radius 3 is 2.83 bits per heavy atom. The van der Waals surface area contributed by atoms with Crippen molar-refractivity contribution in [2.24, 2.45) is 0 Å². The highest BCUT2D eigenvalue weighted by atomic mass is 32.2. The summed E-state index contributed by atoms with van der Waals surface area (Å²) in [5.74, 6) is -0.885. The predicted molar refractivity (Wildman–Crippen MR) is 111 cm³/mol. The predicted octanol–water partition coefficient (Wildman–Crippen LogP) is 3.60. The smallest absolute Gasteiger partial charge is 0.350 e. The molecule has 2 heterocycles. The van der Waals surface area contributed by atoms with Crippen LogP contribution in [0.15, 0.2) is 40.6 Å². The topological polar surface area (TPSA) is 90.9 Å². The number of thiophene rings is 1. The van der Waals surface area contributed by atoms with Gasteiger partial charge in [-0.15, -0.1) is 23.1 Å². The van der Waals surface area contributed by atoms with Gasteiger partial charge in [0.2, 0.25) is 0 Å². The van der Waals surface area contributed by atoms with Gasteiger partial charge in [-0.1, -0.05) is 12.1 Å². The molecular weight excluding hydrogens is 414 g/mol. The maximum Gasteiger partial charge on any atom is 0.350 e.